The predicted octanol–water partition coefficient (Wildman–Crippen LogP) is 3.92. The van der Waals surface area contributed by atoms with E-state index in [2.05, 4.69) is 32.2 Å². The largest absolute Gasteiger partial charge is 0.381 e. The Bertz CT molecular complexity index is 229. The maximum atomic E-state index is 5.35. The van der Waals surface area contributed by atoms with Gasteiger partial charge in [0.25, 0.3) is 0 Å². The van der Waals surface area contributed by atoms with Crippen molar-refractivity contribution in [1.29, 1.82) is 0 Å². The van der Waals surface area contributed by atoms with Crippen molar-refractivity contribution in [2.75, 3.05) is 19.8 Å². The molecule has 1 N–H and O–H groups in total. The predicted molar refractivity (Wildman–Crippen MR) is 78.9 cm³/mol. The van der Waals surface area contributed by atoms with Crippen LogP contribution >= 0.6 is 0 Å². The standard InChI is InChI=1S/C16H31NO/c1-4-14(2)13-15(3)17-10-6-5-7-16-8-11-18-12-9-16/h7,14-15,17H,4-6,8-13H2,1-3H3. The van der Waals surface area contributed by atoms with Gasteiger partial charge in [-0.1, -0.05) is 31.9 Å². The van der Waals surface area contributed by atoms with Crippen molar-refractivity contribution in [3.8, 4) is 0 Å². The summed E-state index contributed by atoms with van der Waals surface area (Å²) in [5, 5.41) is 3.63. The zero-order valence-electron chi connectivity index (χ0n) is 12.5. The number of nitrogens with one attached hydrogen (secondary N) is 1. The van der Waals surface area contributed by atoms with E-state index >= 15 is 0 Å². The van der Waals surface area contributed by atoms with Gasteiger partial charge in [0.15, 0.2) is 0 Å². The minimum Gasteiger partial charge on any atom is -0.381 e. The van der Waals surface area contributed by atoms with E-state index in [1.165, 1.54) is 25.7 Å². The van der Waals surface area contributed by atoms with Crippen molar-refractivity contribution in [3.63, 3.8) is 0 Å². The van der Waals surface area contributed by atoms with Crippen LogP contribution in [0.5, 0.6) is 0 Å². The third-order valence-corrected chi connectivity index (χ3v) is 3.89. The SMILES string of the molecule is CCC(C)CC(C)NCCCC=C1CCOCC1. The first-order chi connectivity index (χ1) is 8.72. The molecule has 0 bridgehead atoms. The molecule has 0 spiro atoms. The van der Waals surface area contributed by atoms with Gasteiger partial charge in [-0.2, -0.15) is 0 Å². The fourth-order valence-corrected chi connectivity index (χ4v) is 2.45. The van der Waals surface area contributed by atoms with Gasteiger partial charge in [0.05, 0.1) is 13.2 Å². The highest BCUT2D eigenvalue weighted by molar-refractivity contribution is 5.03. The molecule has 1 fully saturated rings. The highest BCUT2D eigenvalue weighted by Crippen LogP contribution is 2.14. The molecule has 1 aliphatic heterocycles. The summed E-state index contributed by atoms with van der Waals surface area (Å²) in [6, 6.07) is 0.663. The molecule has 18 heavy (non-hydrogen) atoms. The number of unbranched alkanes of at least 4 members (excludes halogenated alkanes) is 1. The summed E-state index contributed by atoms with van der Waals surface area (Å²) in [4.78, 5) is 0. The van der Waals surface area contributed by atoms with Gasteiger partial charge in [0.1, 0.15) is 0 Å². The zero-order chi connectivity index (χ0) is 13.2. The van der Waals surface area contributed by atoms with Crippen LogP contribution in [0.2, 0.25) is 0 Å². The molecule has 0 aromatic rings. The van der Waals surface area contributed by atoms with Gasteiger partial charge in [-0.15, -0.1) is 0 Å². The second-order valence-corrected chi connectivity index (χ2v) is 5.72. The van der Waals surface area contributed by atoms with Crippen LogP contribution in [0.25, 0.3) is 0 Å². The van der Waals surface area contributed by atoms with Gasteiger partial charge in [0.2, 0.25) is 0 Å². The first-order valence-corrected chi connectivity index (χ1v) is 7.71. The normalized spacial score (nSPS) is 19.6. The lowest BCUT2D eigenvalue weighted by Crippen LogP contribution is -2.28. The van der Waals surface area contributed by atoms with E-state index in [1.807, 2.05) is 0 Å². The monoisotopic (exact) mass is 253 g/mol. The van der Waals surface area contributed by atoms with E-state index in [1.54, 1.807) is 5.57 Å². The van der Waals surface area contributed by atoms with E-state index in [0.29, 0.717) is 6.04 Å². The number of allylic oxidation sites excluding steroid dienone is 1. The molecule has 106 valence electrons. The Hall–Kier alpha value is -0.340. The van der Waals surface area contributed by atoms with Crippen LogP contribution in [0.3, 0.4) is 0 Å². The van der Waals surface area contributed by atoms with Gasteiger partial charge in [-0.05, 0) is 51.5 Å². The topological polar surface area (TPSA) is 21.3 Å². The molecule has 0 aliphatic carbocycles. The fraction of sp³-hybridized carbons (Fsp3) is 0.875. The molecule has 0 radical (unpaired) electrons. The third kappa shape index (κ3) is 7.17. The van der Waals surface area contributed by atoms with Gasteiger partial charge in [-0.25, -0.2) is 0 Å². The summed E-state index contributed by atoms with van der Waals surface area (Å²) >= 11 is 0. The van der Waals surface area contributed by atoms with Crippen LogP contribution in [-0.4, -0.2) is 25.8 Å². The first-order valence-electron chi connectivity index (χ1n) is 7.71. The Kier molecular flexibility index (Phi) is 8.36. The molecule has 1 heterocycles. The lowest BCUT2D eigenvalue weighted by molar-refractivity contribution is 0.119. The molecule has 2 heteroatoms. The van der Waals surface area contributed by atoms with Crippen molar-refractivity contribution < 1.29 is 4.74 Å². The van der Waals surface area contributed by atoms with Crippen molar-refractivity contribution in [2.24, 2.45) is 5.92 Å². The Morgan fingerprint density at radius 3 is 2.67 bits per heavy atom. The molecule has 0 aromatic carbocycles. The Morgan fingerprint density at radius 1 is 1.28 bits per heavy atom. The average Bonchev–Trinajstić information content (AvgIpc) is 2.39. The van der Waals surface area contributed by atoms with Crippen molar-refractivity contribution in [1.82, 2.24) is 5.32 Å². The maximum Gasteiger partial charge on any atom is 0.0503 e. The van der Waals surface area contributed by atoms with Crippen LogP contribution in [-0.2, 0) is 4.74 Å². The molecular formula is C16H31NO. The molecule has 0 saturated carbocycles. The lowest BCUT2D eigenvalue weighted by atomic mass is 10.0. The molecule has 2 nitrogen and oxygen atoms in total. The highest BCUT2D eigenvalue weighted by Gasteiger charge is 2.06. The van der Waals surface area contributed by atoms with E-state index in [-0.39, 0.29) is 0 Å². The zero-order valence-corrected chi connectivity index (χ0v) is 12.5. The summed E-state index contributed by atoms with van der Waals surface area (Å²) in [7, 11) is 0. The number of rotatable bonds is 8. The quantitative estimate of drug-likeness (QED) is 0.523. The van der Waals surface area contributed by atoms with Crippen LogP contribution < -0.4 is 5.32 Å². The second-order valence-electron chi connectivity index (χ2n) is 5.72. The Balaban J connectivity index is 2.00. The maximum absolute atomic E-state index is 5.35. The highest BCUT2D eigenvalue weighted by atomic mass is 16.5. The van der Waals surface area contributed by atoms with Crippen molar-refractivity contribution in [2.45, 2.75) is 65.3 Å². The van der Waals surface area contributed by atoms with Crippen LogP contribution in [0.4, 0.5) is 0 Å². The van der Waals surface area contributed by atoms with Gasteiger partial charge >= 0.3 is 0 Å². The average molecular weight is 253 g/mol. The van der Waals surface area contributed by atoms with Crippen LogP contribution in [0.1, 0.15) is 59.3 Å². The molecule has 2 unspecified atom stereocenters. The van der Waals surface area contributed by atoms with Crippen molar-refractivity contribution in [3.05, 3.63) is 11.6 Å². The molecule has 0 aromatic heterocycles. The van der Waals surface area contributed by atoms with E-state index in [0.717, 1.165) is 38.5 Å². The molecule has 0 amide bonds. The number of ether oxygens (including phenoxy) is 1. The summed E-state index contributed by atoms with van der Waals surface area (Å²) < 4.78 is 5.35. The number of hydrogen-bond donors (Lipinski definition) is 1. The third-order valence-electron chi connectivity index (χ3n) is 3.89. The summed E-state index contributed by atoms with van der Waals surface area (Å²) in [6.45, 7) is 9.93. The van der Waals surface area contributed by atoms with E-state index < -0.39 is 0 Å². The van der Waals surface area contributed by atoms with Crippen LogP contribution in [0.15, 0.2) is 11.6 Å². The molecule has 1 saturated heterocycles. The van der Waals surface area contributed by atoms with Crippen molar-refractivity contribution >= 4 is 0 Å². The summed E-state index contributed by atoms with van der Waals surface area (Å²) in [5.41, 5.74) is 1.61. The Labute approximate surface area is 113 Å². The number of hydrogen-bond acceptors (Lipinski definition) is 2. The minimum atomic E-state index is 0.663. The smallest absolute Gasteiger partial charge is 0.0503 e. The van der Waals surface area contributed by atoms with Gasteiger partial charge in [-0.3, -0.25) is 0 Å². The summed E-state index contributed by atoms with van der Waals surface area (Å²) in [6.07, 6.45) is 9.81. The van der Waals surface area contributed by atoms with E-state index in [9.17, 15) is 0 Å². The van der Waals surface area contributed by atoms with Crippen LogP contribution in [0, 0.1) is 5.92 Å². The van der Waals surface area contributed by atoms with Gasteiger partial charge < -0.3 is 10.1 Å². The first kappa shape index (κ1) is 15.7. The fourth-order valence-electron chi connectivity index (χ4n) is 2.45. The lowest BCUT2D eigenvalue weighted by Gasteiger charge is -2.17. The molecule has 1 rings (SSSR count). The minimum absolute atomic E-state index is 0.663. The second kappa shape index (κ2) is 9.57. The summed E-state index contributed by atoms with van der Waals surface area (Å²) in [5.74, 6) is 0.844. The Morgan fingerprint density at radius 2 is 2.00 bits per heavy atom. The molecule has 1 aliphatic rings. The van der Waals surface area contributed by atoms with E-state index in [4.69, 9.17) is 4.74 Å². The molecule has 2 atom stereocenters. The molecular weight excluding hydrogens is 222 g/mol. The van der Waals surface area contributed by atoms with Gasteiger partial charge in [0, 0.05) is 6.04 Å².